The van der Waals surface area contributed by atoms with Gasteiger partial charge in [0.15, 0.2) is 0 Å². The van der Waals surface area contributed by atoms with E-state index in [0.29, 0.717) is 5.56 Å². The van der Waals surface area contributed by atoms with Gasteiger partial charge in [0, 0.05) is 23.2 Å². The first-order valence-corrected chi connectivity index (χ1v) is 7.25. The first-order valence-electron chi connectivity index (χ1n) is 7.25. The lowest BCUT2D eigenvalue weighted by atomic mass is 10.1. The molecule has 0 aliphatic heterocycles. The number of hydrogen-bond acceptors (Lipinski definition) is 4. The number of carbonyl (C=O) groups excluding carboxylic acids is 2. The number of nitrogens with one attached hydrogen (secondary N) is 2. The number of amides is 2. The number of rotatable bonds is 4. The van der Waals surface area contributed by atoms with Crippen molar-refractivity contribution in [3.05, 3.63) is 71.3 Å². The zero-order valence-electron chi connectivity index (χ0n) is 12.8. The van der Waals surface area contributed by atoms with Crippen LogP contribution in [0.2, 0.25) is 0 Å². The fourth-order valence-corrected chi connectivity index (χ4v) is 1.85. The predicted octanol–water partition coefficient (Wildman–Crippen LogP) is 0.649. The highest BCUT2D eigenvalue weighted by Crippen LogP contribution is 2.04. The lowest BCUT2D eigenvalue weighted by molar-refractivity contribution is -0.130. The molecule has 0 spiro atoms. The van der Waals surface area contributed by atoms with E-state index in [-0.39, 0.29) is 12.5 Å². The normalized spacial score (nSPS) is 10.9. The predicted molar refractivity (Wildman–Crippen MR) is 89.1 cm³/mol. The van der Waals surface area contributed by atoms with Gasteiger partial charge in [0.1, 0.15) is 6.04 Å². The van der Waals surface area contributed by atoms with Crippen LogP contribution in [0, 0.1) is 11.8 Å². The van der Waals surface area contributed by atoms with Crippen LogP contribution in [-0.2, 0) is 4.79 Å². The Hall–Kier alpha value is -3.14. The Bertz CT molecular complexity index is 762. The summed E-state index contributed by atoms with van der Waals surface area (Å²) in [4.78, 5) is 23.0. The van der Waals surface area contributed by atoms with Crippen LogP contribution in [0.25, 0.3) is 0 Å². The Morgan fingerprint density at radius 2 is 1.58 bits per heavy atom. The van der Waals surface area contributed by atoms with Crippen molar-refractivity contribution in [2.45, 2.75) is 6.04 Å². The number of benzene rings is 2. The molecule has 24 heavy (non-hydrogen) atoms. The van der Waals surface area contributed by atoms with E-state index in [1.54, 1.807) is 24.3 Å². The second-order valence-electron chi connectivity index (χ2n) is 4.99. The van der Waals surface area contributed by atoms with Gasteiger partial charge in [-0.15, -0.1) is 0 Å². The highest BCUT2D eigenvalue weighted by molar-refractivity contribution is 5.94. The molecule has 5 N–H and O–H groups in total. The van der Waals surface area contributed by atoms with Gasteiger partial charge in [-0.05, 0) is 36.4 Å². The van der Waals surface area contributed by atoms with Crippen molar-refractivity contribution in [3.63, 3.8) is 0 Å². The van der Waals surface area contributed by atoms with Crippen LogP contribution in [0.3, 0.4) is 0 Å². The van der Waals surface area contributed by atoms with Crippen LogP contribution in [-0.4, -0.2) is 29.6 Å². The number of hydrogen-bond donors (Lipinski definition) is 4. The number of hydroxylamine groups is 1. The summed E-state index contributed by atoms with van der Waals surface area (Å²) >= 11 is 0. The highest BCUT2D eigenvalue weighted by Gasteiger charge is 2.14. The molecule has 0 aliphatic rings. The summed E-state index contributed by atoms with van der Waals surface area (Å²) in [5.41, 5.74) is 9.02. The van der Waals surface area contributed by atoms with Crippen molar-refractivity contribution in [2.24, 2.45) is 5.73 Å². The topological polar surface area (TPSA) is 104 Å². The van der Waals surface area contributed by atoms with Gasteiger partial charge in [-0.1, -0.05) is 30.0 Å². The largest absolute Gasteiger partial charge is 0.350 e. The standard InChI is InChI=1S/C18H17N3O3/c19-16(18(23)21-24)12-20-17(22)15-10-8-14(9-11-15)7-6-13-4-2-1-3-5-13/h1-5,8-11,16,24H,12,19H2,(H,20,22)(H,21,23)/t16-/m1/s1. The van der Waals surface area contributed by atoms with Gasteiger partial charge < -0.3 is 11.1 Å². The first-order chi connectivity index (χ1) is 11.6. The monoisotopic (exact) mass is 323 g/mol. The summed E-state index contributed by atoms with van der Waals surface area (Å²) in [7, 11) is 0. The molecule has 6 nitrogen and oxygen atoms in total. The molecule has 0 fully saturated rings. The quantitative estimate of drug-likeness (QED) is 0.377. The van der Waals surface area contributed by atoms with Crippen LogP contribution < -0.4 is 16.5 Å². The zero-order chi connectivity index (χ0) is 17.4. The van der Waals surface area contributed by atoms with Gasteiger partial charge in [0.2, 0.25) is 0 Å². The molecule has 2 rings (SSSR count). The van der Waals surface area contributed by atoms with E-state index in [1.165, 1.54) is 5.48 Å². The van der Waals surface area contributed by atoms with Gasteiger partial charge in [-0.3, -0.25) is 14.8 Å². The smallest absolute Gasteiger partial charge is 0.262 e. The molecule has 0 saturated heterocycles. The second-order valence-corrected chi connectivity index (χ2v) is 4.99. The van der Waals surface area contributed by atoms with Crippen LogP contribution >= 0.6 is 0 Å². The Kier molecular flexibility index (Phi) is 6.08. The molecule has 0 saturated carbocycles. The lowest BCUT2D eigenvalue weighted by Gasteiger charge is -2.10. The van der Waals surface area contributed by atoms with Crippen LogP contribution in [0.4, 0.5) is 0 Å². The average Bonchev–Trinajstić information content (AvgIpc) is 2.64. The maximum atomic E-state index is 12.0. The van der Waals surface area contributed by atoms with Crippen molar-refractivity contribution >= 4 is 11.8 Å². The molecule has 122 valence electrons. The van der Waals surface area contributed by atoms with Crippen molar-refractivity contribution in [1.82, 2.24) is 10.8 Å². The summed E-state index contributed by atoms with van der Waals surface area (Å²) < 4.78 is 0. The Morgan fingerprint density at radius 3 is 2.17 bits per heavy atom. The molecule has 0 radical (unpaired) electrons. The molecule has 2 aromatic rings. The summed E-state index contributed by atoms with van der Waals surface area (Å²) in [6.45, 7) is -0.0825. The minimum Gasteiger partial charge on any atom is -0.350 e. The molecule has 0 heterocycles. The third-order valence-corrected chi connectivity index (χ3v) is 3.20. The van der Waals surface area contributed by atoms with E-state index in [2.05, 4.69) is 17.2 Å². The molecule has 6 heteroatoms. The molecule has 0 unspecified atom stereocenters. The SMILES string of the molecule is N[C@H](CNC(=O)c1ccc(C#Cc2ccccc2)cc1)C(=O)NO. The molecule has 0 aliphatic carbocycles. The van der Waals surface area contributed by atoms with Crippen molar-refractivity contribution in [1.29, 1.82) is 0 Å². The van der Waals surface area contributed by atoms with Gasteiger partial charge in [0.25, 0.3) is 11.8 Å². The van der Waals surface area contributed by atoms with Crippen molar-refractivity contribution in [2.75, 3.05) is 6.54 Å². The van der Waals surface area contributed by atoms with Crippen LogP contribution in [0.1, 0.15) is 21.5 Å². The van der Waals surface area contributed by atoms with E-state index in [4.69, 9.17) is 10.9 Å². The maximum absolute atomic E-state index is 12.0. The Morgan fingerprint density at radius 1 is 1.00 bits per heavy atom. The number of carbonyl (C=O) groups is 2. The minimum atomic E-state index is -1.02. The molecular weight excluding hydrogens is 306 g/mol. The third kappa shape index (κ3) is 4.95. The fraction of sp³-hybridized carbons (Fsp3) is 0.111. The summed E-state index contributed by atoms with van der Waals surface area (Å²) in [5.74, 6) is 4.93. The average molecular weight is 323 g/mol. The minimum absolute atomic E-state index is 0.0825. The lowest BCUT2D eigenvalue weighted by Crippen LogP contribution is -2.47. The third-order valence-electron chi connectivity index (χ3n) is 3.20. The van der Waals surface area contributed by atoms with E-state index in [0.717, 1.165) is 11.1 Å². The molecule has 2 amide bonds. The van der Waals surface area contributed by atoms with Crippen LogP contribution in [0.5, 0.6) is 0 Å². The van der Waals surface area contributed by atoms with E-state index >= 15 is 0 Å². The first kappa shape index (κ1) is 17.2. The van der Waals surface area contributed by atoms with Gasteiger partial charge in [-0.2, -0.15) is 0 Å². The van der Waals surface area contributed by atoms with Crippen LogP contribution in [0.15, 0.2) is 54.6 Å². The Labute approximate surface area is 139 Å². The highest BCUT2D eigenvalue weighted by atomic mass is 16.5. The Balaban J connectivity index is 1.95. The van der Waals surface area contributed by atoms with Gasteiger partial charge in [-0.25, -0.2) is 5.48 Å². The van der Waals surface area contributed by atoms with Gasteiger partial charge >= 0.3 is 0 Å². The summed E-state index contributed by atoms with van der Waals surface area (Å²) in [5, 5.41) is 11.0. The van der Waals surface area contributed by atoms with Gasteiger partial charge in [0.05, 0.1) is 0 Å². The molecule has 0 aromatic heterocycles. The fourth-order valence-electron chi connectivity index (χ4n) is 1.85. The summed E-state index contributed by atoms with van der Waals surface area (Å²) in [6, 6.07) is 15.3. The van der Waals surface area contributed by atoms with E-state index in [9.17, 15) is 9.59 Å². The van der Waals surface area contributed by atoms with Crippen molar-refractivity contribution in [3.8, 4) is 11.8 Å². The molecule has 1 atom stereocenters. The van der Waals surface area contributed by atoms with Crippen molar-refractivity contribution < 1.29 is 14.8 Å². The molecule has 2 aromatic carbocycles. The summed E-state index contributed by atoms with van der Waals surface area (Å²) in [6.07, 6.45) is 0. The second kappa shape index (κ2) is 8.48. The maximum Gasteiger partial charge on any atom is 0.262 e. The van der Waals surface area contributed by atoms with E-state index < -0.39 is 11.9 Å². The zero-order valence-corrected chi connectivity index (χ0v) is 12.8. The number of nitrogens with two attached hydrogens (primary N) is 1. The molecule has 0 bridgehead atoms. The molecular formula is C18H17N3O3. The van der Waals surface area contributed by atoms with E-state index in [1.807, 2.05) is 30.3 Å².